The number of nitrogens with zero attached hydrogens (tertiary/aromatic N) is 2. The smallest absolute Gasteiger partial charge is 0.323 e. The maximum Gasteiger partial charge on any atom is 0.323 e. The van der Waals surface area contributed by atoms with Gasteiger partial charge >= 0.3 is 11.9 Å². The van der Waals surface area contributed by atoms with Gasteiger partial charge in [0.25, 0.3) is 0 Å². The molecule has 6 nitrogen and oxygen atoms in total. The molecule has 0 aliphatic carbocycles. The summed E-state index contributed by atoms with van der Waals surface area (Å²) in [6, 6.07) is 0. The first-order chi connectivity index (χ1) is 9.46. The van der Waals surface area contributed by atoms with Crippen LogP contribution in [0.4, 0.5) is 0 Å². The van der Waals surface area contributed by atoms with Crippen molar-refractivity contribution in [3.05, 3.63) is 18.0 Å². The molecule has 0 saturated heterocycles. The van der Waals surface area contributed by atoms with Gasteiger partial charge in [-0.05, 0) is 31.7 Å². The van der Waals surface area contributed by atoms with Gasteiger partial charge in [0.15, 0.2) is 5.41 Å². The predicted octanol–water partition coefficient (Wildman–Crippen LogP) is 1.79. The van der Waals surface area contributed by atoms with E-state index in [1.54, 1.807) is 24.9 Å². The molecule has 0 aliphatic rings. The molecule has 1 unspecified atom stereocenters. The van der Waals surface area contributed by atoms with Gasteiger partial charge in [0.1, 0.15) is 0 Å². The zero-order chi connectivity index (χ0) is 15.2. The van der Waals surface area contributed by atoms with E-state index in [9.17, 15) is 14.7 Å². The van der Waals surface area contributed by atoms with E-state index in [2.05, 4.69) is 5.10 Å². The summed E-state index contributed by atoms with van der Waals surface area (Å²) in [4.78, 5) is 23.7. The predicted molar refractivity (Wildman–Crippen MR) is 73.1 cm³/mol. The number of aromatic nitrogens is 2. The summed E-state index contributed by atoms with van der Waals surface area (Å²) in [6.07, 6.45) is 5.10. The van der Waals surface area contributed by atoms with Crippen molar-refractivity contribution in [3.8, 4) is 0 Å². The lowest BCUT2D eigenvalue weighted by Crippen LogP contribution is -2.41. The van der Waals surface area contributed by atoms with Gasteiger partial charge in [0, 0.05) is 13.2 Å². The fourth-order valence-corrected chi connectivity index (χ4v) is 2.29. The Bertz CT molecular complexity index is 469. The van der Waals surface area contributed by atoms with Crippen molar-refractivity contribution in [1.82, 2.24) is 9.78 Å². The average Bonchev–Trinajstić information content (AvgIpc) is 2.80. The molecular weight excluding hydrogens is 260 g/mol. The molecular formula is C14H22N2O4. The molecule has 0 bridgehead atoms. The Morgan fingerprint density at radius 3 is 2.55 bits per heavy atom. The van der Waals surface area contributed by atoms with Crippen molar-refractivity contribution in [2.75, 3.05) is 6.61 Å². The second-order valence-corrected chi connectivity index (χ2v) is 4.88. The van der Waals surface area contributed by atoms with Gasteiger partial charge in [0.05, 0.1) is 12.8 Å². The van der Waals surface area contributed by atoms with Crippen LogP contribution in [0.1, 0.15) is 38.7 Å². The Morgan fingerprint density at radius 1 is 1.40 bits per heavy atom. The Hall–Kier alpha value is -1.85. The van der Waals surface area contributed by atoms with Crippen molar-refractivity contribution in [3.63, 3.8) is 0 Å². The molecule has 1 rings (SSSR count). The van der Waals surface area contributed by atoms with Crippen LogP contribution in [-0.2, 0) is 27.8 Å². The quantitative estimate of drug-likeness (QED) is 0.580. The Kier molecular flexibility index (Phi) is 5.73. The van der Waals surface area contributed by atoms with Crippen molar-refractivity contribution in [2.24, 2.45) is 12.5 Å². The number of esters is 1. The highest BCUT2D eigenvalue weighted by molar-refractivity contribution is 5.99. The normalized spacial score (nSPS) is 13.8. The van der Waals surface area contributed by atoms with Gasteiger partial charge in [-0.25, -0.2) is 0 Å². The van der Waals surface area contributed by atoms with Crippen LogP contribution in [0.5, 0.6) is 0 Å². The van der Waals surface area contributed by atoms with Gasteiger partial charge in [-0.1, -0.05) is 13.3 Å². The number of carbonyl (C=O) groups excluding carboxylic acids is 1. The molecule has 0 radical (unpaired) electrons. The lowest BCUT2D eigenvalue weighted by Gasteiger charge is -2.26. The lowest BCUT2D eigenvalue weighted by atomic mass is 9.78. The second-order valence-electron chi connectivity index (χ2n) is 4.88. The molecule has 0 spiro atoms. The number of carboxylic acids is 1. The van der Waals surface area contributed by atoms with Crippen LogP contribution < -0.4 is 0 Å². The number of aliphatic carboxylic acids is 1. The highest BCUT2D eigenvalue weighted by Gasteiger charge is 2.46. The second kappa shape index (κ2) is 7.07. The topological polar surface area (TPSA) is 81.4 Å². The number of hydrogen-bond acceptors (Lipinski definition) is 4. The van der Waals surface area contributed by atoms with Crippen molar-refractivity contribution in [1.29, 1.82) is 0 Å². The number of hydrogen-bond donors (Lipinski definition) is 1. The first-order valence-electron chi connectivity index (χ1n) is 6.84. The SMILES string of the molecule is CCCC(CCc1cnn(C)c1)(C(=O)O)C(=O)OCC. The van der Waals surface area contributed by atoms with Crippen LogP contribution >= 0.6 is 0 Å². The van der Waals surface area contributed by atoms with E-state index in [1.807, 2.05) is 13.1 Å². The number of carbonyl (C=O) groups is 2. The van der Waals surface area contributed by atoms with E-state index >= 15 is 0 Å². The summed E-state index contributed by atoms with van der Waals surface area (Å²) in [5, 5.41) is 13.6. The number of ether oxygens (including phenoxy) is 1. The maximum atomic E-state index is 12.1. The third-order valence-electron chi connectivity index (χ3n) is 3.35. The van der Waals surface area contributed by atoms with Crippen LogP contribution in [-0.4, -0.2) is 33.4 Å². The van der Waals surface area contributed by atoms with Crippen LogP contribution in [0.2, 0.25) is 0 Å². The molecule has 1 N–H and O–H groups in total. The van der Waals surface area contributed by atoms with Crippen molar-refractivity contribution < 1.29 is 19.4 Å². The zero-order valence-electron chi connectivity index (χ0n) is 12.3. The third-order valence-corrected chi connectivity index (χ3v) is 3.35. The van der Waals surface area contributed by atoms with Gasteiger partial charge < -0.3 is 9.84 Å². The highest BCUT2D eigenvalue weighted by Crippen LogP contribution is 2.32. The summed E-state index contributed by atoms with van der Waals surface area (Å²) in [6.45, 7) is 3.73. The summed E-state index contributed by atoms with van der Waals surface area (Å²) in [5.74, 6) is -1.75. The van der Waals surface area contributed by atoms with Gasteiger partial charge in [-0.2, -0.15) is 5.10 Å². The number of carboxylic acid groups (broad SMARTS) is 1. The number of aryl methyl sites for hydroxylation is 2. The van der Waals surface area contributed by atoms with Crippen LogP contribution in [0, 0.1) is 5.41 Å². The number of rotatable bonds is 8. The largest absolute Gasteiger partial charge is 0.480 e. The molecule has 1 aromatic rings. The molecule has 0 saturated carbocycles. The molecule has 0 amide bonds. The van der Waals surface area contributed by atoms with E-state index in [4.69, 9.17) is 4.74 Å². The third kappa shape index (κ3) is 3.59. The minimum absolute atomic E-state index is 0.185. The fraction of sp³-hybridized carbons (Fsp3) is 0.643. The minimum atomic E-state index is -1.46. The van der Waals surface area contributed by atoms with Crippen LogP contribution in [0.15, 0.2) is 12.4 Å². The first-order valence-corrected chi connectivity index (χ1v) is 6.84. The molecule has 0 aliphatic heterocycles. The summed E-state index contributed by atoms with van der Waals surface area (Å²) >= 11 is 0. The van der Waals surface area contributed by atoms with Gasteiger partial charge in [-0.15, -0.1) is 0 Å². The van der Waals surface area contributed by atoms with Crippen LogP contribution in [0.25, 0.3) is 0 Å². The maximum absolute atomic E-state index is 12.1. The Balaban J connectivity index is 2.90. The van der Waals surface area contributed by atoms with Crippen molar-refractivity contribution >= 4 is 11.9 Å². The zero-order valence-corrected chi connectivity index (χ0v) is 12.3. The molecule has 0 aromatic carbocycles. The fourth-order valence-electron chi connectivity index (χ4n) is 2.29. The monoisotopic (exact) mass is 282 g/mol. The molecule has 0 fully saturated rings. The average molecular weight is 282 g/mol. The minimum Gasteiger partial charge on any atom is -0.480 e. The van der Waals surface area contributed by atoms with E-state index in [-0.39, 0.29) is 19.4 Å². The molecule has 1 aromatic heterocycles. The van der Waals surface area contributed by atoms with E-state index in [0.29, 0.717) is 12.8 Å². The standard InChI is InChI=1S/C14H22N2O4/c1-4-7-14(12(17)18,13(19)20-5-2)8-6-11-9-15-16(3)10-11/h9-10H,4-8H2,1-3H3,(H,17,18). The molecule has 20 heavy (non-hydrogen) atoms. The summed E-state index contributed by atoms with van der Waals surface area (Å²) in [5.41, 5.74) is -0.542. The molecule has 6 heteroatoms. The summed E-state index contributed by atoms with van der Waals surface area (Å²) in [7, 11) is 1.80. The van der Waals surface area contributed by atoms with E-state index in [1.165, 1.54) is 0 Å². The molecule has 112 valence electrons. The highest BCUT2D eigenvalue weighted by atomic mass is 16.5. The van der Waals surface area contributed by atoms with Gasteiger partial charge in [0.2, 0.25) is 0 Å². The Labute approximate surface area is 118 Å². The Morgan fingerprint density at radius 2 is 2.10 bits per heavy atom. The van der Waals surface area contributed by atoms with E-state index in [0.717, 1.165) is 5.56 Å². The molecule has 1 atom stereocenters. The molecule has 1 heterocycles. The van der Waals surface area contributed by atoms with E-state index < -0.39 is 17.4 Å². The van der Waals surface area contributed by atoms with Gasteiger partial charge in [-0.3, -0.25) is 14.3 Å². The summed E-state index contributed by atoms with van der Waals surface area (Å²) < 4.78 is 6.63. The van der Waals surface area contributed by atoms with Crippen molar-refractivity contribution in [2.45, 2.75) is 39.5 Å². The first kappa shape index (κ1) is 16.2. The van der Waals surface area contributed by atoms with Crippen LogP contribution in [0.3, 0.4) is 0 Å². The lowest BCUT2D eigenvalue weighted by molar-refractivity contribution is -0.169.